The lowest BCUT2D eigenvalue weighted by atomic mass is 9.94. The monoisotopic (exact) mass is 648 g/mol. The van der Waals surface area contributed by atoms with Gasteiger partial charge in [0.1, 0.15) is 22.9 Å². The molecule has 0 aromatic carbocycles. The van der Waals surface area contributed by atoms with Crippen LogP contribution in [0.25, 0.3) is 0 Å². The van der Waals surface area contributed by atoms with Crippen LogP contribution < -0.4 is 22.1 Å². The molecule has 4 amide bonds. The van der Waals surface area contributed by atoms with Crippen LogP contribution in [0, 0.1) is 0 Å². The van der Waals surface area contributed by atoms with Gasteiger partial charge < -0.3 is 41.4 Å². The molecule has 6 N–H and O–H groups in total. The molecule has 3 fully saturated rings. The van der Waals surface area contributed by atoms with Gasteiger partial charge in [-0.15, -0.1) is 0 Å². The maximum Gasteiger partial charge on any atom is 0.407 e. The number of carbonyl (C=O) groups excluding carboxylic acids is 4. The van der Waals surface area contributed by atoms with Crippen molar-refractivity contribution >= 4 is 35.7 Å². The van der Waals surface area contributed by atoms with E-state index in [-0.39, 0.29) is 38.3 Å². The van der Waals surface area contributed by atoms with Gasteiger partial charge in [-0.25, -0.2) is 9.59 Å². The molecule has 2 aliphatic carbocycles. The molecule has 260 valence electrons. The largest absolute Gasteiger partial charge is 0.444 e. The summed E-state index contributed by atoms with van der Waals surface area (Å²) in [6.07, 6.45) is 8.34. The van der Waals surface area contributed by atoms with E-state index in [2.05, 4.69) is 10.6 Å². The number of nitrogens with zero attached hydrogens (tertiary/aromatic N) is 4. The molecule has 1 heterocycles. The number of hydrogen-bond donors (Lipinski definition) is 4. The molecule has 1 aliphatic heterocycles. The van der Waals surface area contributed by atoms with Crippen molar-refractivity contribution in [3.8, 4) is 0 Å². The molecule has 46 heavy (non-hydrogen) atoms. The molecule has 1 saturated heterocycles. The van der Waals surface area contributed by atoms with Crippen molar-refractivity contribution in [2.75, 3.05) is 26.2 Å². The van der Waals surface area contributed by atoms with E-state index in [9.17, 15) is 19.2 Å². The third kappa shape index (κ3) is 11.3. The minimum Gasteiger partial charge on any atom is -0.444 e. The summed E-state index contributed by atoms with van der Waals surface area (Å²) in [6, 6.07) is -2.30. The van der Waals surface area contributed by atoms with Crippen LogP contribution in [0.15, 0.2) is 9.98 Å². The maximum atomic E-state index is 13.4. The minimum absolute atomic E-state index is 0.0704. The number of carbonyl (C=O) groups is 4. The van der Waals surface area contributed by atoms with E-state index in [1.807, 2.05) is 0 Å². The fourth-order valence-electron chi connectivity index (χ4n) is 6.18. The predicted octanol–water partition coefficient (Wildman–Crippen LogP) is 2.82. The van der Waals surface area contributed by atoms with E-state index in [4.69, 9.17) is 30.9 Å². The van der Waals surface area contributed by atoms with Gasteiger partial charge in [0.25, 0.3) is 0 Å². The zero-order valence-electron chi connectivity index (χ0n) is 28.6. The molecule has 0 radical (unpaired) electrons. The lowest BCUT2D eigenvalue weighted by Crippen LogP contribution is -2.72. The number of nitrogens with one attached hydrogen (secondary N) is 2. The second-order valence-electron chi connectivity index (χ2n) is 14.4. The number of aliphatic imine (C=N–C) groups is 2. The second kappa shape index (κ2) is 16.3. The van der Waals surface area contributed by atoms with E-state index in [1.54, 1.807) is 51.3 Å². The van der Waals surface area contributed by atoms with E-state index >= 15 is 0 Å². The van der Waals surface area contributed by atoms with Crippen LogP contribution in [0.2, 0.25) is 0 Å². The van der Waals surface area contributed by atoms with Crippen LogP contribution in [0.1, 0.15) is 106 Å². The fraction of sp³-hybridized carbons (Fsp3) is 0.812. The summed E-state index contributed by atoms with van der Waals surface area (Å²) >= 11 is 0. The Morgan fingerprint density at radius 3 is 1.26 bits per heavy atom. The highest BCUT2D eigenvalue weighted by molar-refractivity contribution is 6.19. The van der Waals surface area contributed by atoms with Gasteiger partial charge in [-0.3, -0.25) is 19.6 Å². The third-order valence-corrected chi connectivity index (χ3v) is 8.06. The Morgan fingerprint density at radius 2 is 0.978 bits per heavy atom. The van der Waals surface area contributed by atoms with Crippen molar-refractivity contribution in [1.29, 1.82) is 0 Å². The van der Waals surface area contributed by atoms with E-state index in [1.165, 1.54) is 0 Å². The summed E-state index contributed by atoms with van der Waals surface area (Å²) in [7, 11) is 0. The number of amides is 4. The number of nitrogens with two attached hydrogens (primary N) is 2. The smallest absolute Gasteiger partial charge is 0.407 e. The molecule has 3 rings (SSSR count). The summed E-state index contributed by atoms with van der Waals surface area (Å²) in [5.41, 5.74) is 10.9. The van der Waals surface area contributed by atoms with Gasteiger partial charge in [0.05, 0.1) is 12.1 Å². The molecule has 14 heteroatoms. The van der Waals surface area contributed by atoms with Gasteiger partial charge in [0, 0.05) is 26.2 Å². The van der Waals surface area contributed by atoms with Crippen molar-refractivity contribution in [2.45, 2.75) is 141 Å². The van der Waals surface area contributed by atoms with Crippen LogP contribution in [-0.4, -0.2) is 107 Å². The summed E-state index contributed by atoms with van der Waals surface area (Å²) in [5, 5.41) is 5.49. The van der Waals surface area contributed by atoms with E-state index in [0.29, 0.717) is 11.7 Å². The first-order valence-electron chi connectivity index (χ1n) is 16.8. The van der Waals surface area contributed by atoms with Crippen molar-refractivity contribution < 1.29 is 28.7 Å². The van der Waals surface area contributed by atoms with Crippen molar-refractivity contribution in [3.05, 3.63) is 0 Å². The molecule has 2 saturated carbocycles. The fourth-order valence-corrected chi connectivity index (χ4v) is 6.18. The molecule has 0 bridgehead atoms. The van der Waals surface area contributed by atoms with Gasteiger partial charge >= 0.3 is 12.2 Å². The Morgan fingerprint density at radius 1 is 0.652 bits per heavy atom. The molecule has 0 spiro atoms. The van der Waals surface area contributed by atoms with Crippen LogP contribution in [0.3, 0.4) is 0 Å². The first-order chi connectivity index (χ1) is 21.6. The minimum atomic E-state index is -1.08. The predicted molar refractivity (Wildman–Crippen MR) is 176 cm³/mol. The summed E-state index contributed by atoms with van der Waals surface area (Å²) in [6.45, 7) is 11.0. The van der Waals surface area contributed by atoms with Crippen molar-refractivity contribution in [2.24, 2.45) is 21.5 Å². The lowest BCUT2D eigenvalue weighted by Gasteiger charge is -2.48. The number of alkyl carbamates (subject to hydrolysis) is 2. The first kappa shape index (κ1) is 36.9. The Labute approximate surface area is 273 Å². The third-order valence-electron chi connectivity index (χ3n) is 8.06. The summed E-state index contributed by atoms with van der Waals surface area (Å²) in [4.78, 5) is 65.3. The Hall–Kier alpha value is -3.58. The van der Waals surface area contributed by atoms with Gasteiger partial charge in [-0.2, -0.15) is 0 Å². The maximum absolute atomic E-state index is 13.4. The summed E-state index contributed by atoms with van der Waals surface area (Å²) in [5.74, 6) is -0.713. The normalized spacial score (nSPS) is 23.7. The molecule has 3 aliphatic rings. The quantitative estimate of drug-likeness (QED) is 0.278. The number of piperazine rings is 1. The molecule has 2 atom stereocenters. The van der Waals surface area contributed by atoms with Crippen LogP contribution >= 0.6 is 0 Å². The summed E-state index contributed by atoms with van der Waals surface area (Å²) < 4.78 is 10.8. The number of amidine groups is 2. The standard InChI is InChI=1S/C32H56N8O6/c1-31(2,3)45-29(43)35-17-19-39-23(25(33)41)28(38-22-15-11-8-12-16-22)40(20-18-36-30(44)46-32(4,5)6)24(26(34)42)27(39)37-21-13-9-7-10-14-21/h21-24H,7-20H2,1-6H3,(H2,33,41)(H2,34,42)(H,35,43)(H,36,44). The van der Waals surface area contributed by atoms with Crippen LogP contribution in [-0.2, 0) is 19.1 Å². The number of hydrogen-bond acceptors (Lipinski definition) is 8. The van der Waals surface area contributed by atoms with Crippen LogP contribution in [0.4, 0.5) is 9.59 Å². The molecule has 2 unspecified atom stereocenters. The van der Waals surface area contributed by atoms with E-state index in [0.717, 1.165) is 64.2 Å². The zero-order chi connectivity index (χ0) is 34.1. The number of ether oxygens (including phenoxy) is 2. The molecular weight excluding hydrogens is 592 g/mol. The Balaban J connectivity index is 2.05. The SMILES string of the molecule is CC(C)(C)OC(=O)NCCN1C(=NC2CCCCC2)C(C(N)=O)N(CCNC(=O)OC(C)(C)C)C(=NC2CCCCC2)C1C(N)=O. The molecule has 14 nitrogen and oxygen atoms in total. The van der Waals surface area contributed by atoms with Gasteiger partial charge in [-0.05, 0) is 67.2 Å². The molecule has 0 aromatic rings. The van der Waals surface area contributed by atoms with Gasteiger partial charge in [0.15, 0.2) is 12.1 Å². The topological polar surface area (TPSA) is 194 Å². The number of rotatable bonds is 10. The molecular formula is C32H56N8O6. The first-order valence-corrected chi connectivity index (χ1v) is 16.8. The van der Waals surface area contributed by atoms with Gasteiger partial charge in [0.2, 0.25) is 11.8 Å². The number of primary amides is 2. The highest BCUT2D eigenvalue weighted by Gasteiger charge is 2.48. The Kier molecular flexibility index (Phi) is 13.1. The second-order valence-corrected chi connectivity index (χ2v) is 14.4. The van der Waals surface area contributed by atoms with Crippen molar-refractivity contribution in [1.82, 2.24) is 20.4 Å². The van der Waals surface area contributed by atoms with Crippen LogP contribution in [0.5, 0.6) is 0 Å². The average Bonchev–Trinajstić information content (AvgIpc) is 2.93. The highest BCUT2D eigenvalue weighted by Crippen LogP contribution is 2.28. The zero-order valence-corrected chi connectivity index (χ0v) is 28.6. The van der Waals surface area contributed by atoms with Gasteiger partial charge in [-0.1, -0.05) is 38.5 Å². The van der Waals surface area contributed by atoms with E-state index < -0.39 is 47.3 Å². The molecule has 0 aromatic heterocycles. The van der Waals surface area contributed by atoms with Crippen molar-refractivity contribution in [3.63, 3.8) is 0 Å². The average molecular weight is 649 g/mol. The Bertz CT molecular complexity index is 1040. The highest BCUT2D eigenvalue weighted by atomic mass is 16.6. The lowest BCUT2D eigenvalue weighted by molar-refractivity contribution is -0.123.